The number of primary amides is 1. The van der Waals surface area contributed by atoms with Crippen molar-refractivity contribution in [3.8, 4) is 0 Å². The van der Waals surface area contributed by atoms with Crippen LogP contribution < -0.4 is 5.73 Å². The van der Waals surface area contributed by atoms with Crippen LogP contribution in [0.3, 0.4) is 0 Å². The van der Waals surface area contributed by atoms with Gasteiger partial charge in [-0.15, -0.1) is 0 Å². The summed E-state index contributed by atoms with van der Waals surface area (Å²) in [5.41, 5.74) is 6.37. The van der Waals surface area contributed by atoms with Crippen LogP contribution in [0.1, 0.15) is 18.4 Å². The van der Waals surface area contributed by atoms with E-state index in [0.717, 1.165) is 12.8 Å². The molecule has 0 radical (unpaired) electrons. The molecule has 0 aromatic heterocycles. The van der Waals surface area contributed by atoms with Crippen LogP contribution in [-0.2, 0) is 11.2 Å². The fourth-order valence-corrected chi connectivity index (χ4v) is 1.86. The highest BCUT2D eigenvalue weighted by Gasteiger charge is 1.98. The molecule has 0 spiro atoms. The lowest BCUT2D eigenvalue weighted by Gasteiger charge is -2.02. The van der Waals surface area contributed by atoms with Crippen LogP contribution in [-0.4, -0.2) is 5.91 Å². The van der Waals surface area contributed by atoms with Crippen LogP contribution in [0.25, 0.3) is 10.8 Å². The van der Waals surface area contributed by atoms with Gasteiger partial charge in [0.2, 0.25) is 5.91 Å². The molecular formula is C14H15NO. The molecule has 0 atom stereocenters. The summed E-state index contributed by atoms with van der Waals surface area (Å²) in [6.07, 6.45) is 2.20. The Morgan fingerprint density at radius 1 is 1.06 bits per heavy atom. The van der Waals surface area contributed by atoms with Crippen LogP contribution in [0.2, 0.25) is 0 Å². The Morgan fingerprint density at radius 2 is 1.81 bits per heavy atom. The molecule has 2 aromatic rings. The van der Waals surface area contributed by atoms with Crippen LogP contribution in [0, 0.1) is 0 Å². The number of carbonyl (C=O) groups is 1. The van der Waals surface area contributed by atoms with Gasteiger partial charge in [-0.3, -0.25) is 4.79 Å². The summed E-state index contributed by atoms with van der Waals surface area (Å²) in [6.45, 7) is 0. The molecule has 0 heterocycles. The van der Waals surface area contributed by atoms with Crippen LogP contribution >= 0.6 is 0 Å². The molecule has 0 bridgehead atoms. The summed E-state index contributed by atoms with van der Waals surface area (Å²) in [5, 5.41) is 2.50. The van der Waals surface area contributed by atoms with E-state index < -0.39 is 0 Å². The van der Waals surface area contributed by atoms with E-state index in [2.05, 4.69) is 30.3 Å². The SMILES string of the molecule is NC(=O)CCCc1ccc2ccccc2c1. The second-order valence-corrected chi connectivity index (χ2v) is 4.00. The highest BCUT2D eigenvalue weighted by Crippen LogP contribution is 2.16. The van der Waals surface area contributed by atoms with Crippen molar-refractivity contribution in [2.45, 2.75) is 19.3 Å². The minimum absolute atomic E-state index is 0.221. The van der Waals surface area contributed by atoms with Gasteiger partial charge in [0.25, 0.3) is 0 Å². The lowest BCUT2D eigenvalue weighted by atomic mass is 10.0. The Kier molecular flexibility index (Phi) is 3.20. The fourth-order valence-electron chi connectivity index (χ4n) is 1.86. The molecule has 0 saturated carbocycles. The number of fused-ring (bicyclic) bond motifs is 1. The maximum absolute atomic E-state index is 10.6. The van der Waals surface area contributed by atoms with Crippen molar-refractivity contribution >= 4 is 16.7 Å². The molecule has 0 aliphatic rings. The number of nitrogens with two attached hydrogens (primary N) is 1. The zero-order valence-corrected chi connectivity index (χ0v) is 9.15. The highest BCUT2D eigenvalue weighted by molar-refractivity contribution is 5.83. The maximum atomic E-state index is 10.6. The van der Waals surface area contributed by atoms with Gasteiger partial charge in [0.1, 0.15) is 0 Å². The average Bonchev–Trinajstić information content (AvgIpc) is 2.28. The largest absolute Gasteiger partial charge is 0.370 e. The van der Waals surface area contributed by atoms with Gasteiger partial charge in [-0.2, -0.15) is 0 Å². The van der Waals surface area contributed by atoms with Crippen molar-refractivity contribution in [3.05, 3.63) is 48.0 Å². The van der Waals surface area contributed by atoms with Gasteiger partial charge in [0.15, 0.2) is 0 Å². The number of aryl methyl sites for hydroxylation is 1. The Hall–Kier alpha value is -1.83. The minimum atomic E-state index is -0.221. The molecule has 0 aliphatic heterocycles. The average molecular weight is 213 g/mol. The van der Waals surface area contributed by atoms with Gasteiger partial charge in [0.05, 0.1) is 0 Å². The van der Waals surface area contributed by atoms with Crippen LogP contribution in [0.5, 0.6) is 0 Å². The Balaban J connectivity index is 2.10. The maximum Gasteiger partial charge on any atom is 0.217 e. The van der Waals surface area contributed by atoms with Crippen molar-refractivity contribution < 1.29 is 4.79 Å². The second kappa shape index (κ2) is 4.79. The zero-order chi connectivity index (χ0) is 11.4. The lowest BCUT2D eigenvalue weighted by molar-refractivity contribution is -0.118. The summed E-state index contributed by atoms with van der Waals surface area (Å²) >= 11 is 0. The topological polar surface area (TPSA) is 43.1 Å². The Morgan fingerprint density at radius 3 is 2.56 bits per heavy atom. The van der Waals surface area contributed by atoms with Gasteiger partial charge in [0, 0.05) is 6.42 Å². The number of carbonyl (C=O) groups excluding carboxylic acids is 1. The monoisotopic (exact) mass is 213 g/mol. The van der Waals surface area contributed by atoms with Crippen LogP contribution in [0.15, 0.2) is 42.5 Å². The molecule has 0 saturated heterocycles. The van der Waals surface area contributed by atoms with Gasteiger partial charge in [-0.05, 0) is 29.2 Å². The standard InChI is InChI=1S/C14H15NO/c15-14(16)7-3-4-11-8-9-12-5-1-2-6-13(12)10-11/h1-2,5-6,8-10H,3-4,7H2,(H2,15,16). The molecule has 1 amide bonds. The third kappa shape index (κ3) is 2.60. The summed E-state index contributed by atoms with van der Waals surface area (Å²) in [7, 11) is 0. The zero-order valence-electron chi connectivity index (χ0n) is 9.15. The minimum Gasteiger partial charge on any atom is -0.370 e. The highest BCUT2D eigenvalue weighted by atomic mass is 16.1. The molecule has 82 valence electrons. The number of hydrogen-bond acceptors (Lipinski definition) is 1. The first kappa shape index (κ1) is 10.7. The van der Waals surface area contributed by atoms with E-state index in [1.165, 1.54) is 16.3 Å². The van der Waals surface area contributed by atoms with E-state index in [0.29, 0.717) is 6.42 Å². The van der Waals surface area contributed by atoms with E-state index in [4.69, 9.17) is 5.73 Å². The summed E-state index contributed by atoms with van der Waals surface area (Å²) in [4.78, 5) is 10.6. The van der Waals surface area contributed by atoms with E-state index in [-0.39, 0.29) is 5.91 Å². The second-order valence-electron chi connectivity index (χ2n) is 4.00. The van der Waals surface area contributed by atoms with Crippen LogP contribution in [0.4, 0.5) is 0 Å². The van der Waals surface area contributed by atoms with E-state index in [1.54, 1.807) is 0 Å². The third-order valence-corrected chi connectivity index (χ3v) is 2.70. The van der Waals surface area contributed by atoms with Crippen molar-refractivity contribution in [2.75, 3.05) is 0 Å². The quantitative estimate of drug-likeness (QED) is 0.833. The molecule has 0 unspecified atom stereocenters. The van der Waals surface area contributed by atoms with Gasteiger partial charge in [-0.25, -0.2) is 0 Å². The molecule has 0 aliphatic carbocycles. The molecule has 2 nitrogen and oxygen atoms in total. The molecule has 2 N–H and O–H groups in total. The molecule has 2 heteroatoms. The van der Waals surface area contributed by atoms with Gasteiger partial charge in [-0.1, -0.05) is 42.5 Å². The number of hydrogen-bond donors (Lipinski definition) is 1. The Bertz CT molecular complexity index is 505. The summed E-state index contributed by atoms with van der Waals surface area (Å²) in [5.74, 6) is -0.221. The summed E-state index contributed by atoms with van der Waals surface area (Å²) < 4.78 is 0. The summed E-state index contributed by atoms with van der Waals surface area (Å²) in [6, 6.07) is 14.7. The molecular weight excluding hydrogens is 198 g/mol. The van der Waals surface area contributed by atoms with Crippen molar-refractivity contribution in [2.24, 2.45) is 5.73 Å². The van der Waals surface area contributed by atoms with Crippen molar-refractivity contribution in [1.29, 1.82) is 0 Å². The smallest absolute Gasteiger partial charge is 0.217 e. The predicted molar refractivity (Wildman–Crippen MR) is 66.1 cm³/mol. The molecule has 2 aromatic carbocycles. The van der Waals surface area contributed by atoms with E-state index in [9.17, 15) is 4.79 Å². The third-order valence-electron chi connectivity index (χ3n) is 2.70. The van der Waals surface area contributed by atoms with Crippen molar-refractivity contribution in [3.63, 3.8) is 0 Å². The number of rotatable bonds is 4. The first-order chi connectivity index (χ1) is 7.75. The van der Waals surface area contributed by atoms with Gasteiger partial charge >= 0.3 is 0 Å². The first-order valence-electron chi connectivity index (χ1n) is 5.52. The molecule has 16 heavy (non-hydrogen) atoms. The normalized spacial score (nSPS) is 10.5. The van der Waals surface area contributed by atoms with E-state index >= 15 is 0 Å². The molecule has 2 rings (SSSR count). The predicted octanol–water partition coefficient (Wildman–Crippen LogP) is 2.65. The number of benzene rings is 2. The fraction of sp³-hybridized carbons (Fsp3) is 0.214. The first-order valence-corrected chi connectivity index (χ1v) is 5.52. The van der Waals surface area contributed by atoms with Gasteiger partial charge < -0.3 is 5.73 Å². The Labute approximate surface area is 95.1 Å². The van der Waals surface area contributed by atoms with Crippen molar-refractivity contribution in [1.82, 2.24) is 0 Å². The number of amides is 1. The molecule has 0 fully saturated rings. The van der Waals surface area contributed by atoms with E-state index in [1.807, 2.05) is 12.1 Å². The lowest BCUT2D eigenvalue weighted by Crippen LogP contribution is -2.10.